The molecule has 2 aromatic heterocycles. The van der Waals surface area contributed by atoms with E-state index in [-0.39, 0.29) is 11.8 Å². The molecule has 0 bridgehead atoms. The zero-order chi connectivity index (χ0) is 20.9. The smallest absolute Gasteiger partial charge is 0.263 e. The predicted molar refractivity (Wildman–Crippen MR) is 114 cm³/mol. The van der Waals surface area contributed by atoms with Crippen LogP contribution in [-0.4, -0.2) is 47.3 Å². The first kappa shape index (κ1) is 20.1. The van der Waals surface area contributed by atoms with Crippen LogP contribution in [0.2, 0.25) is 0 Å². The Balaban J connectivity index is 1.26. The highest BCUT2D eigenvalue weighted by Crippen LogP contribution is 2.29. The SMILES string of the molecule is CCOc1ccc(CCNC(=O)C2CCN(c3ncnc4onc(C)c34)CC2)cc1. The number of ether oxygens (including phenoxy) is 1. The molecule has 8 nitrogen and oxygen atoms in total. The summed E-state index contributed by atoms with van der Waals surface area (Å²) < 4.78 is 10.7. The Kier molecular flexibility index (Phi) is 6.11. The molecule has 1 saturated heterocycles. The summed E-state index contributed by atoms with van der Waals surface area (Å²) in [5, 5.41) is 7.94. The Labute approximate surface area is 175 Å². The highest BCUT2D eigenvalue weighted by Gasteiger charge is 2.27. The Bertz CT molecular complexity index is 994. The number of aryl methyl sites for hydroxylation is 1. The van der Waals surface area contributed by atoms with E-state index in [1.54, 1.807) is 0 Å². The number of rotatable bonds is 7. The molecule has 30 heavy (non-hydrogen) atoms. The molecule has 3 aromatic rings. The van der Waals surface area contributed by atoms with Crippen molar-refractivity contribution >= 4 is 22.8 Å². The lowest BCUT2D eigenvalue weighted by Gasteiger charge is -2.32. The van der Waals surface area contributed by atoms with Crippen LogP contribution in [0.3, 0.4) is 0 Å². The highest BCUT2D eigenvalue weighted by atomic mass is 16.5. The predicted octanol–water partition coefficient (Wildman–Crippen LogP) is 2.90. The van der Waals surface area contributed by atoms with Gasteiger partial charge in [0.25, 0.3) is 5.71 Å². The Hall–Kier alpha value is -3.16. The van der Waals surface area contributed by atoms with Crippen LogP contribution in [0.1, 0.15) is 31.0 Å². The summed E-state index contributed by atoms with van der Waals surface area (Å²) in [5.74, 6) is 1.88. The minimum Gasteiger partial charge on any atom is -0.494 e. The fourth-order valence-electron chi connectivity index (χ4n) is 3.89. The second-order valence-electron chi connectivity index (χ2n) is 7.52. The summed E-state index contributed by atoms with van der Waals surface area (Å²) in [7, 11) is 0. The Morgan fingerprint density at radius 2 is 2.00 bits per heavy atom. The molecule has 4 rings (SSSR count). The number of nitrogens with zero attached hydrogens (tertiary/aromatic N) is 4. The first-order valence-corrected chi connectivity index (χ1v) is 10.5. The number of carbonyl (C=O) groups excluding carboxylic acids is 1. The van der Waals surface area contributed by atoms with E-state index in [9.17, 15) is 4.79 Å². The zero-order valence-corrected chi connectivity index (χ0v) is 17.4. The minimum atomic E-state index is 0.0301. The zero-order valence-electron chi connectivity index (χ0n) is 17.4. The van der Waals surface area contributed by atoms with E-state index in [1.807, 2.05) is 38.1 Å². The van der Waals surface area contributed by atoms with Crippen LogP contribution in [0, 0.1) is 12.8 Å². The van der Waals surface area contributed by atoms with Crippen molar-refractivity contribution in [1.82, 2.24) is 20.4 Å². The van der Waals surface area contributed by atoms with Gasteiger partial charge in [0.15, 0.2) is 0 Å². The lowest BCUT2D eigenvalue weighted by molar-refractivity contribution is -0.125. The van der Waals surface area contributed by atoms with Crippen LogP contribution >= 0.6 is 0 Å². The van der Waals surface area contributed by atoms with Crippen LogP contribution in [0.25, 0.3) is 11.1 Å². The summed E-state index contributed by atoms with van der Waals surface area (Å²) >= 11 is 0. The van der Waals surface area contributed by atoms with Gasteiger partial charge >= 0.3 is 0 Å². The normalized spacial score (nSPS) is 14.8. The highest BCUT2D eigenvalue weighted by molar-refractivity contribution is 5.88. The van der Waals surface area contributed by atoms with E-state index >= 15 is 0 Å². The van der Waals surface area contributed by atoms with Crippen LogP contribution in [0.4, 0.5) is 5.82 Å². The molecule has 8 heteroatoms. The van der Waals surface area contributed by atoms with Crippen molar-refractivity contribution < 1.29 is 14.1 Å². The Morgan fingerprint density at radius 3 is 2.73 bits per heavy atom. The van der Waals surface area contributed by atoms with Gasteiger partial charge in [-0.05, 0) is 50.8 Å². The number of benzene rings is 1. The minimum absolute atomic E-state index is 0.0301. The van der Waals surface area contributed by atoms with Gasteiger partial charge in [-0.3, -0.25) is 4.79 Å². The van der Waals surface area contributed by atoms with E-state index in [1.165, 1.54) is 11.9 Å². The molecule has 0 aliphatic carbocycles. The van der Waals surface area contributed by atoms with E-state index in [4.69, 9.17) is 9.26 Å². The van der Waals surface area contributed by atoms with Crippen LogP contribution in [0.5, 0.6) is 5.75 Å². The number of hydrogen-bond acceptors (Lipinski definition) is 7. The molecule has 0 spiro atoms. The molecule has 0 atom stereocenters. The summed E-state index contributed by atoms with van der Waals surface area (Å²) in [6, 6.07) is 8.03. The van der Waals surface area contributed by atoms with Gasteiger partial charge in [-0.25, -0.2) is 4.98 Å². The third-order valence-corrected chi connectivity index (χ3v) is 5.54. The van der Waals surface area contributed by atoms with Crippen molar-refractivity contribution in [3.05, 3.63) is 41.9 Å². The van der Waals surface area contributed by atoms with Crippen molar-refractivity contribution in [2.45, 2.75) is 33.1 Å². The monoisotopic (exact) mass is 409 g/mol. The molecule has 1 aliphatic rings. The van der Waals surface area contributed by atoms with Gasteiger partial charge in [-0.1, -0.05) is 17.3 Å². The van der Waals surface area contributed by atoms with Gasteiger partial charge in [0.1, 0.15) is 23.3 Å². The van der Waals surface area contributed by atoms with Crippen molar-refractivity contribution in [2.24, 2.45) is 5.92 Å². The molecule has 3 heterocycles. The second kappa shape index (κ2) is 9.11. The van der Waals surface area contributed by atoms with Crippen LogP contribution < -0.4 is 15.0 Å². The van der Waals surface area contributed by atoms with Gasteiger partial charge in [0.2, 0.25) is 5.91 Å². The summed E-state index contributed by atoms with van der Waals surface area (Å²) in [6.45, 7) is 6.71. The molecule has 1 amide bonds. The molecule has 0 saturated carbocycles. The van der Waals surface area contributed by atoms with Crippen molar-refractivity contribution in [2.75, 3.05) is 31.1 Å². The van der Waals surface area contributed by atoms with Gasteiger partial charge < -0.3 is 19.5 Å². The van der Waals surface area contributed by atoms with E-state index in [2.05, 4.69) is 25.3 Å². The fourth-order valence-corrected chi connectivity index (χ4v) is 3.89. The molecule has 1 aliphatic heterocycles. The topological polar surface area (TPSA) is 93.4 Å². The van der Waals surface area contributed by atoms with Crippen molar-refractivity contribution in [3.63, 3.8) is 0 Å². The molecule has 1 N–H and O–H groups in total. The molecule has 0 unspecified atom stereocenters. The first-order valence-electron chi connectivity index (χ1n) is 10.5. The molecule has 0 radical (unpaired) electrons. The third kappa shape index (κ3) is 4.37. The van der Waals surface area contributed by atoms with E-state index in [0.717, 1.165) is 55.0 Å². The first-order chi connectivity index (χ1) is 14.7. The van der Waals surface area contributed by atoms with Crippen LogP contribution in [0.15, 0.2) is 35.1 Å². The maximum atomic E-state index is 12.6. The van der Waals surface area contributed by atoms with Gasteiger partial charge in [-0.2, -0.15) is 4.98 Å². The van der Waals surface area contributed by atoms with Crippen molar-refractivity contribution in [3.8, 4) is 5.75 Å². The largest absolute Gasteiger partial charge is 0.494 e. The lowest BCUT2D eigenvalue weighted by Crippen LogP contribution is -2.41. The number of fused-ring (bicyclic) bond motifs is 1. The summed E-state index contributed by atoms with van der Waals surface area (Å²) in [6.07, 6.45) is 3.90. The molecule has 158 valence electrons. The lowest BCUT2D eigenvalue weighted by atomic mass is 9.95. The number of amides is 1. The number of carbonyl (C=O) groups is 1. The average molecular weight is 409 g/mol. The fraction of sp³-hybridized carbons (Fsp3) is 0.455. The average Bonchev–Trinajstić information content (AvgIpc) is 3.16. The van der Waals surface area contributed by atoms with E-state index < -0.39 is 0 Å². The molecular weight excluding hydrogens is 382 g/mol. The molecule has 1 fully saturated rings. The number of anilines is 1. The van der Waals surface area contributed by atoms with E-state index in [0.29, 0.717) is 18.9 Å². The number of piperidine rings is 1. The Morgan fingerprint density at radius 1 is 1.23 bits per heavy atom. The maximum Gasteiger partial charge on any atom is 0.263 e. The molecule has 1 aromatic carbocycles. The summed E-state index contributed by atoms with van der Waals surface area (Å²) in [5.41, 5.74) is 2.48. The van der Waals surface area contributed by atoms with Crippen LogP contribution in [-0.2, 0) is 11.2 Å². The standard InChI is InChI=1S/C22H27N5O3/c1-3-29-18-6-4-16(5-7-18)8-11-23-21(28)17-9-12-27(13-10-17)20-19-15(2)26-30-22(19)25-14-24-20/h4-7,14,17H,3,8-13H2,1-2H3,(H,23,28). The number of nitrogens with one attached hydrogen (secondary N) is 1. The maximum absolute atomic E-state index is 12.6. The number of aromatic nitrogens is 3. The molecular formula is C22H27N5O3. The second-order valence-corrected chi connectivity index (χ2v) is 7.52. The van der Waals surface area contributed by atoms with Crippen molar-refractivity contribution in [1.29, 1.82) is 0 Å². The quantitative estimate of drug-likeness (QED) is 0.641. The third-order valence-electron chi connectivity index (χ3n) is 5.54. The number of hydrogen-bond donors (Lipinski definition) is 1. The summed E-state index contributed by atoms with van der Waals surface area (Å²) in [4.78, 5) is 23.4. The van der Waals surface area contributed by atoms with Gasteiger partial charge in [0.05, 0.1) is 12.3 Å². The van der Waals surface area contributed by atoms with Gasteiger partial charge in [-0.15, -0.1) is 0 Å². The van der Waals surface area contributed by atoms with Gasteiger partial charge in [0, 0.05) is 25.6 Å².